The third-order valence-electron chi connectivity index (χ3n) is 2.99. The number of allylic oxidation sites excluding steroid dienone is 2. The van der Waals surface area contributed by atoms with Crippen molar-refractivity contribution in [2.45, 2.75) is 47.0 Å². The smallest absolute Gasteiger partial charge is 0.00242 e. The minimum Gasteiger partial charge on any atom is -0.0993 e. The van der Waals surface area contributed by atoms with Crippen molar-refractivity contribution in [3.8, 4) is 0 Å². The molecule has 0 aliphatic carbocycles. The normalized spacial score (nSPS) is 15.1. The van der Waals surface area contributed by atoms with Crippen molar-refractivity contribution in [3.63, 3.8) is 0 Å². The van der Waals surface area contributed by atoms with Gasteiger partial charge in [-0.15, -0.1) is 0 Å². The van der Waals surface area contributed by atoms with Gasteiger partial charge in [-0.3, -0.25) is 0 Å². The highest BCUT2D eigenvalue weighted by atomic mass is 14.2. The third-order valence-corrected chi connectivity index (χ3v) is 2.99. The first-order valence-corrected chi connectivity index (χ1v) is 5.40. The first kappa shape index (κ1) is 12.5. The van der Waals surface area contributed by atoms with E-state index in [0.29, 0.717) is 11.8 Å². The van der Waals surface area contributed by atoms with E-state index in [1.54, 1.807) is 0 Å². The van der Waals surface area contributed by atoms with Crippen LogP contribution in [0.3, 0.4) is 0 Å². The maximum absolute atomic E-state index is 4.17. The summed E-state index contributed by atoms with van der Waals surface area (Å²) in [6, 6.07) is 0. The summed E-state index contributed by atoms with van der Waals surface area (Å²) in [6.07, 6.45) is 3.51. The molecule has 2 unspecified atom stereocenters. The van der Waals surface area contributed by atoms with Gasteiger partial charge in [0.1, 0.15) is 0 Å². The van der Waals surface area contributed by atoms with Gasteiger partial charge in [-0.25, -0.2) is 0 Å². The minimum atomic E-state index is 0.495. The Morgan fingerprint density at radius 1 is 1.15 bits per heavy atom. The maximum atomic E-state index is 4.17. The van der Waals surface area contributed by atoms with Gasteiger partial charge in [0.2, 0.25) is 0 Å². The zero-order valence-corrected chi connectivity index (χ0v) is 9.69. The summed E-state index contributed by atoms with van der Waals surface area (Å²) in [7, 11) is 0. The van der Waals surface area contributed by atoms with Crippen molar-refractivity contribution in [2.24, 2.45) is 11.8 Å². The van der Waals surface area contributed by atoms with E-state index in [1.807, 2.05) is 0 Å². The zero-order chi connectivity index (χ0) is 10.4. The molecule has 76 valence electrons. The van der Waals surface area contributed by atoms with Crippen LogP contribution in [0.2, 0.25) is 0 Å². The molecule has 0 aromatic rings. The van der Waals surface area contributed by atoms with Gasteiger partial charge in [-0.05, 0) is 24.7 Å². The number of rotatable bonds is 6. The fourth-order valence-electron chi connectivity index (χ4n) is 1.49. The molecule has 0 aromatic carbocycles. The molecular weight excluding hydrogens is 156 g/mol. The van der Waals surface area contributed by atoms with Crippen molar-refractivity contribution in [2.75, 3.05) is 0 Å². The lowest BCUT2D eigenvalue weighted by molar-refractivity contribution is 0.572. The summed E-state index contributed by atoms with van der Waals surface area (Å²) >= 11 is 0. The largest absolute Gasteiger partial charge is 0.0993 e. The van der Waals surface area contributed by atoms with Crippen LogP contribution < -0.4 is 0 Å². The molecule has 0 spiro atoms. The van der Waals surface area contributed by atoms with E-state index in [1.165, 1.54) is 24.0 Å². The zero-order valence-electron chi connectivity index (χ0n) is 9.69. The van der Waals surface area contributed by atoms with Crippen molar-refractivity contribution in [1.82, 2.24) is 0 Å². The molecule has 0 radical (unpaired) electrons. The second-order valence-corrected chi connectivity index (χ2v) is 4.01. The van der Waals surface area contributed by atoms with Crippen molar-refractivity contribution >= 4 is 0 Å². The maximum Gasteiger partial charge on any atom is -0.00242 e. The van der Waals surface area contributed by atoms with Crippen LogP contribution in [-0.2, 0) is 0 Å². The molecular formula is C13H24. The van der Waals surface area contributed by atoms with Crippen LogP contribution in [0.4, 0.5) is 0 Å². The molecule has 0 aliphatic rings. The quantitative estimate of drug-likeness (QED) is 0.525. The lowest BCUT2D eigenvalue weighted by Crippen LogP contribution is -2.08. The summed E-state index contributed by atoms with van der Waals surface area (Å²) in [4.78, 5) is 0. The van der Waals surface area contributed by atoms with Crippen LogP contribution in [0.15, 0.2) is 24.3 Å². The first-order chi connectivity index (χ1) is 6.04. The second kappa shape index (κ2) is 6.01. The predicted molar refractivity (Wildman–Crippen MR) is 61.8 cm³/mol. The summed E-state index contributed by atoms with van der Waals surface area (Å²) in [5.41, 5.74) is 2.69. The Hall–Kier alpha value is -0.520. The van der Waals surface area contributed by atoms with Gasteiger partial charge in [0.25, 0.3) is 0 Å². The van der Waals surface area contributed by atoms with Crippen LogP contribution in [-0.4, -0.2) is 0 Å². The van der Waals surface area contributed by atoms with E-state index in [0.717, 1.165) is 6.42 Å². The molecule has 13 heavy (non-hydrogen) atoms. The second-order valence-electron chi connectivity index (χ2n) is 4.01. The number of hydrogen-bond acceptors (Lipinski definition) is 0. The van der Waals surface area contributed by atoms with E-state index >= 15 is 0 Å². The van der Waals surface area contributed by atoms with E-state index in [2.05, 4.69) is 40.9 Å². The van der Waals surface area contributed by atoms with Crippen LogP contribution in [0.1, 0.15) is 47.0 Å². The van der Waals surface area contributed by atoms with E-state index in [4.69, 9.17) is 0 Å². The molecule has 0 rings (SSSR count). The Morgan fingerprint density at radius 3 is 2.08 bits per heavy atom. The van der Waals surface area contributed by atoms with Gasteiger partial charge in [0, 0.05) is 0 Å². The molecule has 0 aliphatic heterocycles. The summed E-state index contributed by atoms with van der Waals surface area (Å²) in [5.74, 6) is 1.12. The van der Waals surface area contributed by atoms with Crippen molar-refractivity contribution < 1.29 is 0 Å². The van der Waals surface area contributed by atoms with Crippen LogP contribution in [0.25, 0.3) is 0 Å². The average Bonchev–Trinajstić information content (AvgIpc) is 2.14. The Morgan fingerprint density at radius 2 is 1.69 bits per heavy atom. The molecule has 0 aromatic heterocycles. The van der Waals surface area contributed by atoms with Crippen molar-refractivity contribution in [1.29, 1.82) is 0 Å². The Bertz CT molecular complexity index is 176. The molecule has 0 heterocycles. The van der Waals surface area contributed by atoms with E-state index < -0.39 is 0 Å². The van der Waals surface area contributed by atoms with Gasteiger partial charge < -0.3 is 0 Å². The molecule has 0 saturated carbocycles. The van der Waals surface area contributed by atoms with Crippen LogP contribution >= 0.6 is 0 Å². The molecule has 0 nitrogen and oxygen atoms in total. The average molecular weight is 180 g/mol. The van der Waals surface area contributed by atoms with Crippen LogP contribution in [0, 0.1) is 11.8 Å². The molecule has 0 fully saturated rings. The molecule has 0 N–H and O–H groups in total. The highest BCUT2D eigenvalue weighted by Crippen LogP contribution is 2.27. The highest BCUT2D eigenvalue weighted by Gasteiger charge is 2.14. The Balaban J connectivity index is 4.16. The summed E-state index contributed by atoms with van der Waals surface area (Å²) in [5, 5.41) is 0. The third kappa shape index (κ3) is 3.80. The fraction of sp³-hybridized carbons (Fsp3) is 0.692. The molecule has 0 heteroatoms. The van der Waals surface area contributed by atoms with E-state index in [9.17, 15) is 0 Å². The van der Waals surface area contributed by atoms with Gasteiger partial charge in [0.05, 0.1) is 0 Å². The highest BCUT2D eigenvalue weighted by molar-refractivity contribution is 5.16. The first-order valence-electron chi connectivity index (χ1n) is 5.40. The standard InChI is InChI=1S/C13H24/c1-7-9-11(4)13(6)12(5)10(3)8-2/h10,13H,4-5,7-9H2,1-3,6H3. The van der Waals surface area contributed by atoms with Gasteiger partial charge in [-0.2, -0.15) is 0 Å². The van der Waals surface area contributed by atoms with Gasteiger partial charge >= 0.3 is 0 Å². The molecule has 2 atom stereocenters. The summed E-state index contributed by atoms with van der Waals surface area (Å²) < 4.78 is 0. The van der Waals surface area contributed by atoms with Gasteiger partial charge in [-0.1, -0.05) is 58.4 Å². The molecule has 0 saturated heterocycles. The topological polar surface area (TPSA) is 0 Å². The lowest BCUT2D eigenvalue weighted by Gasteiger charge is -2.21. The van der Waals surface area contributed by atoms with E-state index in [-0.39, 0.29) is 0 Å². The molecule has 0 amide bonds. The fourth-order valence-corrected chi connectivity index (χ4v) is 1.49. The van der Waals surface area contributed by atoms with Crippen molar-refractivity contribution in [3.05, 3.63) is 24.3 Å². The molecule has 0 bridgehead atoms. The number of hydrogen-bond donors (Lipinski definition) is 0. The SMILES string of the molecule is C=C(CCC)C(C)C(=C)C(C)CC. The summed E-state index contributed by atoms with van der Waals surface area (Å²) in [6.45, 7) is 17.2. The van der Waals surface area contributed by atoms with Gasteiger partial charge in [0.15, 0.2) is 0 Å². The Kier molecular flexibility index (Phi) is 5.77. The van der Waals surface area contributed by atoms with Crippen LogP contribution in [0.5, 0.6) is 0 Å². The Labute approximate surface area is 83.7 Å². The predicted octanol–water partition coefficient (Wildman–Crippen LogP) is 4.58. The lowest BCUT2D eigenvalue weighted by atomic mass is 9.84. The monoisotopic (exact) mass is 180 g/mol. The minimum absolute atomic E-state index is 0.495.